The Morgan fingerprint density at radius 2 is 1.14 bits per heavy atom. The fourth-order valence-electron chi connectivity index (χ4n) is 5.08. The third-order valence-electron chi connectivity index (χ3n) is 6.85. The molecule has 36 heavy (non-hydrogen) atoms. The van der Waals surface area contributed by atoms with Crippen LogP contribution in [0.15, 0.2) is 138 Å². The highest BCUT2D eigenvalue weighted by Crippen LogP contribution is 2.38. The maximum absolute atomic E-state index is 6.37. The van der Waals surface area contributed by atoms with Crippen molar-refractivity contribution in [3.05, 3.63) is 133 Å². The molecule has 0 aliphatic heterocycles. The van der Waals surface area contributed by atoms with E-state index in [-0.39, 0.29) is 0 Å². The number of hydrogen-bond acceptors (Lipinski definition) is 2. The molecule has 0 unspecified atom stereocenters. The van der Waals surface area contributed by atoms with E-state index in [0.717, 1.165) is 27.9 Å². The summed E-state index contributed by atoms with van der Waals surface area (Å²) in [6, 6.07) is 46.7. The molecule has 0 saturated heterocycles. The Hall–Kier alpha value is -4.82. The van der Waals surface area contributed by atoms with Gasteiger partial charge < -0.3 is 9.73 Å². The molecule has 0 fully saturated rings. The Morgan fingerprint density at radius 1 is 0.472 bits per heavy atom. The number of furan rings is 1. The molecular formula is C34H23NO. The minimum absolute atomic E-state index is 0.876. The number of nitrogens with one attached hydrogen (secondary N) is 1. The summed E-state index contributed by atoms with van der Waals surface area (Å²) in [6.07, 6.45) is 0. The van der Waals surface area contributed by atoms with Gasteiger partial charge in [0.05, 0.1) is 5.69 Å². The smallest absolute Gasteiger partial charge is 0.158 e. The van der Waals surface area contributed by atoms with Gasteiger partial charge in [0.1, 0.15) is 5.58 Å². The van der Waals surface area contributed by atoms with Gasteiger partial charge in [0.25, 0.3) is 0 Å². The normalized spacial score (nSPS) is 11.3. The molecule has 2 heteroatoms. The van der Waals surface area contributed by atoms with Crippen LogP contribution in [0.4, 0.5) is 11.4 Å². The number of fused-ring (bicyclic) bond motifs is 5. The number of rotatable bonds is 4. The second kappa shape index (κ2) is 8.44. The Kier molecular flexibility index (Phi) is 4.82. The first-order valence-corrected chi connectivity index (χ1v) is 12.2. The summed E-state index contributed by atoms with van der Waals surface area (Å²) < 4.78 is 6.37. The first-order valence-electron chi connectivity index (χ1n) is 12.2. The monoisotopic (exact) mass is 461 g/mol. The molecule has 2 nitrogen and oxygen atoms in total. The lowest BCUT2D eigenvalue weighted by Crippen LogP contribution is -1.91. The van der Waals surface area contributed by atoms with Crippen LogP contribution in [-0.4, -0.2) is 0 Å². The molecule has 170 valence electrons. The maximum Gasteiger partial charge on any atom is 0.158 e. The zero-order valence-corrected chi connectivity index (χ0v) is 19.6. The lowest BCUT2D eigenvalue weighted by atomic mass is 10.00. The third-order valence-corrected chi connectivity index (χ3v) is 6.85. The van der Waals surface area contributed by atoms with Gasteiger partial charge in [0, 0.05) is 16.5 Å². The summed E-state index contributed by atoms with van der Waals surface area (Å²) in [4.78, 5) is 0. The van der Waals surface area contributed by atoms with Crippen molar-refractivity contribution in [2.45, 2.75) is 0 Å². The minimum atomic E-state index is 0.876. The Bertz CT molecular complexity index is 1850. The molecule has 0 atom stereocenters. The van der Waals surface area contributed by atoms with Crippen LogP contribution in [0.1, 0.15) is 0 Å². The zero-order valence-electron chi connectivity index (χ0n) is 19.6. The highest BCUT2D eigenvalue weighted by atomic mass is 16.3. The number of anilines is 2. The lowest BCUT2D eigenvalue weighted by molar-refractivity contribution is 0.670. The largest absolute Gasteiger partial charge is 0.454 e. The van der Waals surface area contributed by atoms with Gasteiger partial charge in [-0.25, -0.2) is 0 Å². The Morgan fingerprint density at radius 3 is 2.00 bits per heavy atom. The van der Waals surface area contributed by atoms with Gasteiger partial charge in [-0.1, -0.05) is 109 Å². The van der Waals surface area contributed by atoms with Crippen molar-refractivity contribution in [3.63, 3.8) is 0 Å². The topological polar surface area (TPSA) is 25.2 Å². The highest BCUT2D eigenvalue weighted by Gasteiger charge is 2.13. The van der Waals surface area contributed by atoms with E-state index in [2.05, 4.69) is 133 Å². The van der Waals surface area contributed by atoms with Crippen LogP contribution in [0.5, 0.6) is 0 Å². The highest BCUT2D eigenvalue weighted by molar-refractivity contribution is 6.20. The van der Waals surface area contributed by atoms with Crippen LogP contribution < -0.4 is 5.32 Å². The lowest BCUT2D eigenvalue weighted by Gasteiger charge is -2.10. The predicted octanol–water partition coefficient (Wildman–Crippen LogP) is 9.82. The van der Waals surface area contributed by atoms with E-state index in [0.29, 0.717) is 0 Å². The fraction of sp³-hybridized carbons (Fsp3) is 0. The molecule has 0 amide bonds. The van der Waals surface area contributed by atoms with Gasteiger partial charge in [0.15, 0.2) is 5.58 Å². The Balaban J connectivity index is 1.25. The van der Waals surface area contributed by atoms with Crippen LogP contribution >= 0.6 is 0 Å². The summed E-state index contributed by atoms with van der Waals surface area (Å²) in [5, 5.41) is 8.33. The standard InChI is InChI=1S/C34H23NO/c1-2-8-23(9-3-1)24-16-18-25(19-17-24)27-11-6-12-28(22-27)35-31-15-7-14-30-33-29-13-5-4-10-26(29)20-21-32(33)36-34(30)31/h1-22,35H. The van der Waals surface area contributed by atoms with Crippen LogP contribution in [0.2, 0.25) is 0 Å². The van der Waals surface area contributed by atoms with Gasteiger partial charge in [-0.15, -0.1) is 0 Å². The molecule has 1 heterocycles. The predicted molar refractivity (Wildman–Crippen MR) is 152 cm³/mol. The van der Waals surface area contributed by atoms with Crippen molar-refractivity contribution in [2.75, 3.05) is 5.32 Å². The number of benzene rings is 6. The first kappa shape index (κ1) is 20.5. The quantitative estimate of drug-likeness (QED) is 0.282. The number of hydrogen-bond donors (Lipinski definition) is 1. The second-order valence-corrected chi connectivity index (χ2v) is 9.09. The molecule has 0 radical (unpaired) electrons. The van der Waals surface area contributed by atoms with Gasteiger partial charge in [-0.2, -0.15) is 0 Å². The second-order valence-electron chi connectivity index (χ2n) is 9.09. The van der Waals surface area contributed by atoms with E-state index in [9.17, 15) is 0 Å². The summed E-state index contributed by atoms with van der Waals surface area (Å²) in [5.74, 6) is 0. The van der Waals surface area contributed by atoms with Crippen molar-refractivity contribution >= 4 is 44.1 Å². The molecule has 0 bridgehead atoms. The van der Waals surface area contributed by atoms with E-state index in [4.69, 9.17) is 4.42 Å². The average molecular weight is 462 g/mol. The molecule has 1 aromatic heterocycles. The van der Waals surface area contributed by atoms with E-state index >= 15 is 0 Å². The van der Waals surface area contributed by atoms with E-state index in [1.54, 1.807) is 0 Å². The SMILES string of the molecule is c1ccc(-c2ccc(-c3cccc(Nc4cccc5c4oc4ccc6ccccc6c45)c3)cc2)cc1. The molecule has 0 saturated carbocycles. The molecule has 0 aliphatic rings. The minimum Gasteiger partial charge on any atom is -0.454 e. The molecule has 7 aromatic rings. The maximum atomic E-state index is 6.37. The summed E-state index contributed by atoms with van der Waals surface area (Å²) in [5.41, 5.74) is 8.58. The first-order chi connectivity index (χ1) is 17.8. The molecule has 6 aromatic carbocycles. The zero-order chi connectivity index (χ0) is 23.9. The third kappa shape index (κ3) is 3.52. The van der Waals surface area contributed by atoms with Crippen molar-refractivity contribution < 1.29 is 4.42 Å². The van der Waals surface area contributed by atoms with Gasteiger partial charge >= 0.3 is 0 Å². The van der Waals surface area contributed by atoms with Crippen LogP contribution in [0, 0.1) is 0 Å². The summed E-state index contributed by atoms with van der Waals surface area (Å²) >= 11 is 0. The summed E-state index contributed by atoms with van der Waals surface area (Å²) in [7, 11) is 0. The number of para-hydroxylation sites is 1. The Labute approximate surface area is 209 Å². The van der Waals surface area contributed by atoms with Gasteiger partial charge in [-0.3, -0.25) is 0 Å². The van der Waals surface area contributed by atoms with Crippen molar-refractivity contribution in [1.82, 2.24) is 0 Å². The molecule has 0 aliphatic carbocycles. The van der Waals surface area contributed by atoms with Crippen molar-refractivity contribution in [3.8, 4) is 22.3 Å². The van der Waals surface area contributed by atoms with Crippen LogP contribution in [0.3, 0.4) is 0 Å². The molecule has 1 N–H and O–H groups in total. The fourth-order valence-corrected chi connectivity index (χ4v) is 5.08. The van der Waals surface area contributed by atoms with Crippen molar-refractivity contribution in [1.29, 1.82) is 0 Å². The van der Waals surface area contributed by atoms with Gasteiger partial charge in [-0.05, 0) is 57.3 Å². The van der Waals surface area contributed by atoms with Gasteiger partial charge in [0.2, 0.25) is 0 Å². The molecular weight excluding hydrogens is 438 g/mol. The summed E-state index contributed by atoms with van der Waals surface area (Å²) in [6.45, 7) is 0. The van der Waals surface area contributed by atoms with E-state index in [1.807, 2.05) is 6.07 Å². The van der Waals surface area contributed by atoms with Crippen molar-refractivity contribution in [2.24, 2.45) is 0 Å². The average Bonchev–Trinajstić information content (AvgIpc) is 3.34. The van der Waals surface area contributed by atoms with Crippen LogP contribution in [-0.2, 0) is 0 Å². The molecule has 0 spiro atoms. The van der Waals surface area contributed by atoms with Crippen LogP contribution in [0.25, 0.3) is 55.0 Å². The van der Waals surface area contributed by atoms with E-state index in [1.165, 1.54) is 38.4 Å². The van der Waals surface area contributed by atoms with E-state index < -0.39 is 0 Å². The molecule has 7 rings (SSSR count).